The van der Waals surface area contributed by atoms with Gasteiger partial charge < -0.3 is 15.4 Å². The second kappa shape index (κ2) is 8.55. The first-order valence-electron chi connectivity index (χ1n) is 8.50. The van der Waals surface area contributed by atoms with Crippen LogP contribution in [0.4, 0.5) is 18.9 Å². The third-order valence-corrected chi connectivity index (χ3v) is 4.72. The number of ether oxygens (including phenoxy) is 1. The third kappa shape index (κ3) is 5.66. The predicted octanol–water partition coefficient (Wildman–Crippen LogP) is 3.99. The summed E-state index contributed by atoms with van der Waals surface area (Å²) in [5.74, 6) is 0.243. The number of amides is 2. The summed E-state index contributed by atoms with van der Waals surface area (Å²) in [5.41, 5.74) is -2.30. The van der Waals surface area contributed by atoms with Gasteiger partial charge in [-0.3, -0.25) is 9.59 Å². The van der Waals surface area contributed by atoms with Crippen molar-refractivity contribution in [1.82, 2.24) is 5.32 Å². The number of carbonyl (C=O) groups excluding carboxylic acids is 2. The summed E-state index contributed by atoms with van der Waals surface area (Å²) < 4.78 is 42.5. The van der Waals surface area contributed by atoms with Gasteiger partial charge in [0.05, 0.1) is 6.54 Å². The number of anilines is 1. The van der Waals surface area contributed by atoms with Crippen LogP contribution in [0.2, 0.25) is 0 Å². The number of aryl methyl sites for hydroxylation is 1. The van der Waals surface area contributed by atoms with E-state index in [1.165, 1.54) is 24.3 Å². The third-order valence-electron chi connectivity index (χ3n) is 3.98. The average molecular weight is 410 g/mol. The van der Waals surface area contributed by atoms with Crippen LogP contribution in [0, 0.1) is 0 Å². The molecule has 1 heterocycles. The molecule has 0 bridgehead atoms. The molecule has 0 aromatic heterocycles. The van der Waals surface area contributed by atoms with Crippen molar-refractivity contribution < 1.29 is 27.5 Å². The topological polar surface area (TPSA) is 67.4 Å². The van der Waals surface area contributed by atoms with Gasteiger partial charge in [-0.05, 0) is 66.2 Å². The fourth-order valence-electron chi connectivity index (χ4n) is 2.69. The highest BCUT2D eigenvalue weighted by atomic mass is 32.2. The summed E-state index contributed by atoms with van der Waals surface area (Å²) in [5, 5.41) is 5.44. The van der Waals surface area contributed by atoms with Crippen molar-refractivity contribution >= 4 is 29.3 Å². The molecule has 1 aliphatic heterocycles. The zero-order valence-electron chi connectivity index (χ0n) is 14.6. The van der Waals surface area contributed by atoms with E-state index in [9.17, 15) is 22.8 Å². The molecule has 9 heteroatoms. The normalized spacial score (nSPS) is 13.5. The van der Waals surface area contributed by atoms with Crippen molar-refractivity contribution in [3.63, 3.8) is 0 Å². The molecule has 0 spiro atoms. The average Bonchev–Trinajstić information content (AvgIpc) is 2.64. The first-order chi connectivity index (χ1) is 13.3. The van der Waals surface area contributed by atoms with Gasteiger partial charge in [-0.15, -0.1) is 0 Å². The zero-order chi connectivity index (χ0) is 20.1. The van der Waals surface area contributed by atoms with Crippen molar-refractivity contribution in [2.45, 2.75) is 23.2 Å². The lowest BCUT2D eigenvalue weighted by Gasteiger charge is -2.17. The van der Waals surface area contributed by atoms with E-state index in [-0.39, 0.29) is 47.2 Å². The molecular formula is C19H17F3N2O3S. The number of thioether (sulfide) groups is 1. The van der Waals surface area contributed by atoms with E-state index < -0.39 is 5.51 Å². The Labute approximate surface area is 163 Å². The molecule has 2 N–H and O–H groups in total. The number of benzene rings is 2. The number of hydrogen-bond donors (Lipinski definition) is 2. The van der Waals surface area contributed by atoms with Gasteiger partial charge in [-0.1, -0.05) is 0 Å². The molecule has 5 nitrogen and oxygen atoms in total. The molecule has 0 atom stereocenters. The molecule has 28 heavy (non-hydrogen) atoms. The molecule has 0 saturated heterocycles. The monoisotopic (exact) mass is 410 g/mol. The molecule has 0 fully saturated rings. The lowest BCUT2D eigenvalue weighted by atomic mass is 10.0. The van der Waals surface area contributed by atoms with E-state index in [4.69, 9.17) is 4.74 Å². The maximum atomic E-state index is 12.3. The largest absolute Gasteiger partial charge is 0.492 e. The smallest absolute Gasteiger partial charge is 0.446 e. The molecule has 3 rings (SSSR count). The first kappa shape index (κ1) is 20.1. The number of rotatable bonds is 6. The Kier molecular flexibility index (Phi) is 6.13. The molecular weight excluding hydrogens is 393 g/mol. The summed E-state index contributed by atoms with van der Waals surface area (Å²) >= 11 is -0.225. The van der Waals surface area contributed by atoms with Gasteiger partial charge in [-0.2, -0.15) is 13.2 Å². The molecule has 0 aliphatic carbocycles. The predicted molar refractivity (Wildman–Crippen MR) is 99.6 cm³/mol. The Morgan fingerprint density at radius 1 is 1.14 bits per heavy atom. The summed E-state index contributed by atoms with van der Waals surface area (Å²) in [6, 6.07) is 10.6. The zero-order valence-corrected chi connectivity index (χ0v) is 15.5. The molecule has 1 aliphatic rings. The fourth-order valence-corrected chi connectivity index (χ4v) is 3.23. The van der Waals surface area contributed by atoms with Crippen molar-refractivity contribution in [1.29, 1.82) is 0 Å². The van der Waals surface area contributed by atoms with Crippen LogP contribution in [0.5, 0.6) is 5.75 Å². The van der Waals surface area contributed by atoms with Crippen molar-refractivity contribution in [2.75, 3.05) is 18.5 Å². The first-order valence-corrected chi connectivity index (χ1v) is 9.31. The number of hydrogen-bond acceptors (Lipinski definition) is 4. The Morgan fingerprint density at radius 3 is 2.61 bits per heavy atom. The Bertz CT molecular complexity index is 870. The number of alkyl halides is 3. The SMILES string of the molecule is O=C1CCc2cc(OCCNC(=O)c3ccc(SC(F)(F)F)cc3)ccc2N1. The lowest BCUT2D eigenvalue weighted by molar-refractivity contribution is -0.116. The van der Waals surface area contributed by atoms with Crippen molar-refractivity contribution in [2.24, 2.45) is 0 Å². The van der Waals surface area contributed by atoms with E-state index >= 15 is 0 Å². The van der Waals surface area contributed by atoms with Gasteiger partial charge in [0.1, 0.15) is 12.4 Å². The lowest BCUT2D eigenvalue weighted by Crippen LogP contribution is -2.28. The second-order valence-electron chi connectivity index (χ2n) is 6.04. The van der Waals surface area contributed by atoms with Crippen LogP contribution in [0.1, 0.15) is 22.3 Å². The molecule has 2 aromatic rings. The Balaban J connectivity index is 1.45. The standard InChI is InChI=1S/C19H17F3N2O3S/c20-19(21,22)28-15-5-1-12(2-6-15)18(26)23-9-10-27-14-4-7-16-13(11-14)3-8-17(25)24-16/h1-2,4-7,11H,3,8-10H2,(H,23,26)(H,24,25). The molecule has 148 valence electrons. The summed E-state index contributed by atoms with van der Waals surface area (Å²) in [7, 11) is 0. The van der Waals surface area contributed by atoms with Gasteiger partial charge >= 0.3 is 5.51 Å². The molecule has 0 saturated carbocycles. The summed E-state index contributed by atoms with van der Waals surface area (Å²) in [6.07, 6.45) is 1.09. The molecule has 2 aromatic carbocycles. The number of halogens is 3. The minimum absolute atomic E-state index is 0.00564. The van der Waals surface area contributed by atoms with Gasteiger partial charge in [-0.25, -0.2) is 0 Å². The van der Waals surface area contributed by atoms with Crippen LogP contribution < -0.4 is 15.4 Å². The van der Waals surface area contributed by atoms with Crippen LogP contribution in [-0.2, 0) is 11.2 Å². The number of fused-ring (bicyclic) bond motifs is 1. The van der Waals surface area contributed by atoms with E-state index in [1.807, 2.05) is 6.07 Å². The number of nitrogens with one attached hydrogen (secondary N) is 2. The van der Waals surface area contributed by atoms with E-state index in [0.29, 0.717) is 18.6 Å². The van der Waals surface area contributed by atoms with Crippen LogP contribution in [0.3, 0.4) is 0 Å². The highest BCUT2D eigenvalue weighted by Crippen LogP contribution is 2.36. The molecule has 0 radical (unpaired) electrons. The van der Waals surface area contributed by atoms with Gasteiger partial charge in [0, 0.05) is 22.6 Å². The Morgan fingerprint density at radius 2 is 1.89 bits per heavy atom. The second-order valence-corrected chi connectivity index (χ2v) is 7.18. The van der Waals surface area contributed by atoms with Gasteiger partial charge in [0.15, 0.2) is 0 Å². The minimum Gasteiger partial charge on any atom is -0.492 e. The van der Waals surface area contributed by atoms with Crippen LogP contribution in [0.15, 0.2) is 47.4 Å². The van der Waals surface area contributed by atoms with Crippen LogP contribution in [-0.4, -0.2) is 30.5 Å². The highest BCUT2D eigenvalue weighted by molar-refractivity contribution is 8.00. The number of carbonyl (C=O) groups is 2. The van der Waals surface area contributed by atoms with Crippen LogP contribution in [0.25, 0.3) is 0 Å². The van der Waals surface area contributed by atoms with E-state index in [0.717, 1.165) is 11.3 Å². The molecule has 0 unspecified atom stereocenters. The summed E-state index contributed by atoms with van der Waals surface area (Å²) in [6.45, 7) is 0.477. The maximum Gasteiger partial charge on any atom is 0.446 e. The van der Waals surface area contributed by atoms with Crippen LogP contribution >= 0.6 is 11.8 Å². The Hall–Kier alpha value is -2.68. The maximum absolute atomic E-state index is 12.3. The van der Waals surface area contributed by atoms with Gasteiger partial charge in [0.2, 0.25) is 5.91 Å². The highest BCUT2D eigenvalue weighted by Gasteiger charge is 2.29. The molecule has 2 amide bonds. The quantitative estimate of drug-likeness (QED) is 0.558. The summed E-state index contributed by atoms with van der Waals surface area (Å²) in [4.78, 5) is 23.4. The van der Waals surface area contributed by atoms with E-state index in [1.54, 1.807) is 12.1 Å². The van der Waals surface area contributed by atoms with Gasteiger partial charge in [0.25, 0.3) is 5.91 Å². The minimum atomic E-state index is -4.36. The van der Waals surface area contributed by atoms with Crippen molar-refractivity contribution in [3.05, 3.63) is 53.6 Å². The van der Waals surface area contributed by atoms with Crippen molar-refractivity contribution in [3.8, 4) is 5.75 Å². The fraction of sp³-hybridized carbons (Fsp3) is 0.263. The van der Waals surface area contributed by atoms with E-state index in [2.05, 4.69) is 10.6 Å².